The van der Waals surface area contributed by atoms with Crippen LogP contribution in [0.1, 0.15) is 16.1 Å². The molecule has 0 radical (unpaired) electrons. The Morgan fingerprint density at radius 2 is 2.11 bits per heavy atom. The molecule has 2 N–H and O–H groups in total. The minimum Gasteiger partial charge on any atom is -0.361 e. The standard InChI is InChI=1S/C15H13N3O/c1-10-3-2-4-14(17-10)18-15(19)12-5-6-13-11(9-12)7-8-16-13/h2-9,16H,1H3,(H,17,18,19). The van der Waals surface area contributed by atoms with Crippen LogP contribution >= 0.6 is 0 Å². The van der Waals surface area contributed by atoms with Crippen LogP contribution < -0.4 is 5.32 Å². The number of hydrogen-bond acceptors (Lipinski definition) is 2. The van der Waals surface area contributed by atoms with Crippen molar-refractivity contribution in [2.75, 3.05) is 5.32 Å². The Morgan fingerprint density at radius 3 is 2.95 bits per heavy atom. The number of fused-ring (bicyclic) bond motifs is 1. The Morgan fingerprint density at radius 1 is 1.21 bits per heavy atom. The number of hydrogen-bond donors (Lipinski definition) is 2. The number of H-pyrrole nitrogens is 1. The second-order valence-corrected chi connectivity index (χ2v) is 4.40. The molecule has 0 atom stereocenters. The Balaban J connectivity index is 1.87. The molecule has 4 nitrogen and oxygen atoms in total. The van der Waals surface area contributed by atoms with Crippen LogP contribution in [0.15, 0.2) is 48.7 Å². The summed E-state index contributed by atoms with van der Waals surface area (Å²) in [6.45, 7) is 1.89. The first-order valence-electron chi connectivity index (χ1n) is 6.04. The van der Waals surface area contributed by atoms with E-state index in [0.717, 1.165) is 16.6 Å². The van der Waals surface area contributed by atoms with E-state index in [2.05, 4.69) is 15.3 Å². The first kappa shape index (κ1) is 11.5. The van der Waals surface area contributed by atoms with Crippen molar-refractivity contribution >= 4 is 22.6 Å². The number of amides is 1. The molecule has 3 rings (SSSR count). The number of nitrogens with one attached hydrogen (secondary N) is 2. The Bertz CT molecular complexity index is 746. The minimum atomic E-state index is -0.152. The molecular formula is C15H13N3O. The average molecular weight is 251 g/mol. The maximum absolute atomic E-state index is 12.1. The molecule has 0 saturated carbocycles. The fourth-order valence-electron chi connectivity index (χ4n) is 2.00. The van der Waals surface area contributed by atoms with Gasteiger partial charge in [-0.15, -0.1) is 0 Å². The van der Waals surface area contributed by atoms with Crippen LogP contribution in [0, 0.1) is 6.92 Å². The number of nitrogens with zero attached hydrogens (tertiary/aromatic N) is 1. The second kappa shape index (κ2) is 4.57. The molecule has 0 unspecified atom stereocenters. The summed E-state index contributed by atoms with van der Waals surface area (Å²) < 4.78 is 0. The Labute approximate surface area is 110 Å². The van der Waals surface area contributed by atoms with Crippen LogP contribution in [0.3, 0.4) is 0 Å². The number of rotatable bonds is 2. The molecule has 0 saturated heterocycles. The number of carbonyl (C=O) groups excluding carboxylic acids is 1. The van der Waals surface area contributed by atoms with Gasteiger partial charge in [-0.3, -0.25) is 4.79 Å². The maximum atomic E-state index is 12.1. The van der Waals surface area contributed by atoms with Gasteiger partial charge in [0.15, 0.2) is 0 Å². The topological polar surface area (TPSA) is 57.8 Å². The van der Waals surface area contributed by atoms with E-state index >= 15 is 0 Å². The van der Waals surface area contributed by atoms with E-state index < -0.39 is 0 Å². The van der Waals surface area contributed by atoms with Crippen molar-refractivity contribution in [1.29, 1.82) is 0 Å². The van der Waals surface area contributed by atoms with Gasteiger partial charge >= 0.3 is 0 Å². The lowest BCUT2D eigenvalue weighted by molar-refractivity contribution is 0.102. The highest BCUT2D eigenvalue weighted by molar-refractivity contribution is 6.05. The third-order valence-corrected chi connectivity index (χ3v) is 2.95. The number of pyridine rings is 1. The predicted octanol–water partition coefficient (Wildman–Crippen LogP) is 3.12. The molecule has 3 aromatic rings. The molecule has 0 fully saturated rings. The normalized spacial score (nSPS) is 10.6. The Kier molecular flexibility index (Phi) is 2.76. The van der Waals surface area contributed by atoms with Crippen LogP contribution in [0.4, 0.5) is 5.82 Å². The number of benzene rings is 1. The van der Waals surface area contributed by atoms with Crippen molar-refractivity contribution in [3.8, 4) is 0 Å². The van der Waals surface area contributed by atoms with Crippen LogP contribution in [-0.2, 0) is 0 Å². The van der Waals surface area contributed by atoms with Crippen molar-refractivity contribution < 1.29 is 4.79 Å². The molecule has 0 aliphatic rings. The van der Waals surface area contributed by atoms with Gasteiger partial charge in [-0.1, -0.05) is 6.07 Å². The number of carbonyl (C=O) groups is 1. The van der Waals surface area contributed by atoms with Gasteiger partial charge in [0, 0.05) is 28.4 Å². The van der Waals surface area contributed by atoms with E-state index in [1.54, 1.807) is 12.1 Å². The van der Waals surface area contributed by atoms with Crippen molar-refractivity contribution in [3.63, 3.8) is 0 Å². The zero-order chi connectivity index (χ0) is 13.2. The van der Waals surface area contributed by atoms with E-state index in [1.807, 2.05) is 43.5 Å². The van der Waals surface area contributed by atoms with Crippen LogP contribution in [0.2, 0.25) is 0 Å². The highest BCUT2D eigenvalue weighted by Gasteiger charge is 2.07. The molecule has 0 aliphatic heterocycles. The minimum absolute atomic E-state index is 0.152. The summed E-state index contributed by atoms with van der Waals surface area (Å²) in [4.78, 5) is 19.5. The van der Waals surface area contributed by atoms with Crippen LogP contribution in [0.25, 0.3) is 10.9 Å². The summed E-state index contributed by atoms with van der Waals surface area (Å²) in [5.74, 6) is 0.417. The Hall–Kier alpha value is -2.62. The summed E-state index contributed by atoms with van der Waals surface area (Å²) in [7, 11) is 0. The zero-order valence-electron chi connectivity index (χ0n) is 10.5. The van der Waals surface area contributed by atoms with Gasteiger partial charge in [-0.2, -0.15) is 0 Å². The number of anilines is 1. The average Bonchev–Trinajstić information content (AvgIpc) is 2.85. The molecule has 2 aromatic heterocycles. The van der Waals surface area contributed by atoms with E-state index in [-0.39, 0.29) is 5.91 Å². The first-order chi connectivity index (χ1) is 9.22. The van der Waals surface area contributed by atoms with Crippen LogP contribution in [0.5, 0.6) is 0 Å². The van der Waals surface area contributed by atoms with E-state index in [9.17, 15) is 4.79 Å². The lowest BCUT2D eigenvalue weighted by atomic mass is 10.1. The predicted molar refractivity (Wildman–Crippen MR) is 75.2 cm³/mol. The van der Waals surface area contributed by atoms with Gasteiger partial charge in [0.25, 0.3) is 5.91 Å². The maximum Gasteiger partial charge on any atom is 0.256 e. The molecule has 0 spiro atoms. The van der Waals surface area contributed by atoms with Crippen molar-refractivity contribution in [2.45, 2.75) is 6.92 Å². The molecule has 1 aromatic carbocycles. The fourth-order valence-corrected chi connectivity index (χ4v) is 2.00. The molecule has 19 heavy (non-hydrogen) atoms. The van der Waals surface area contributed by atoms with E-state index in [1.165, 1.54) is 0 Å². The second-order valence-electron chi connectivity index (χ2n) is 4.40. The van der Waals surface area contributed by atoms with Gasteiger partial charge in [-0.05, 0) is 43.3 Å². The van der Waals surface area contributed by atoms with E-state index in [0.29, 0.717) is 11.4 Å². The molecule has 1 amide bonds. The SMILES string of the molecule is Cc1cccc(NC(=O)c2ccc3[nH]ccc3c2)n1. The zero-order valence-corrected chi connectivity index (χ0v) is 10.5. The lowest BCUT2D eigenvalue weighted by Gasteiger charge is -2.05. The van der Waals surface area contributed by atoms with Crippen molar-refractivity contribution in [3.05, 3.63) is 59.9 Å². The van der Waals surface area contributed by atoms with E-state index in [4.69, 9.17) is 0 Å². The third kappa shape index (κ3) is 2.33. The molecule has 94 valence electrons. The lowest BCUT2D eigenvalue weighted by Crippen LogP contribution is -2.12. The van der Waals surface area contributed by atoms with Crippen molar-refractivity contribution in [1.82, 2.24) is 9.97 Å². The fraction of sp³-hybridized carbons (Fsp3) is 0.0667. The summed E-state index contributed by atoms with van der Waals surface area (Å²) in [5, 5.41) is 3.81. The molecule has 2 heterocycles. The summed E-state index contributed by atoms with van der Waals surface area (Å²) in [5.41, 5.74) is 2.51. The number of aryl methyl sites for hydroxylation is 1. The third-order valence-electron chi connectivity index (χ3n) is 2.95. The molecule has 4 heteroatoms. The van der Waals surface area contributed by atoms with Crippen LogP contribution in [-0.4, -0.2) is 15.9 Å². The monoisotopic (exact) mass is 251 g/mol. The van der Waals surface area contributed by atoms with Gasteiger partial charge in [0.05, 0.1) is 0 Å². The van der Waals surface area contributed by atoms with Gasteiger partial charge in [0.2, 0.25) is 0 Å². The molecular weight excluding hydrogens is 238 g/mol. The molecule has 0 bridgehead atoms. The summed E-state index contributed by atoms with van der Waals surface area (Å²) in [6, 6.07) is 13.0. The molecule has 0 aliphatic carbocycles. The van der Waals surface area contributed by atoms with Gasteiger partial charge in [-0.25, -0.2) is 4.98 Å². The first-order valence-corrected chi connectivity index (χ1v) is 6.04. The highest BCUT2D eigenvalue weighted by atomic mass is 16.1. The number of aromatic nitrogens is 2. The van der Waals surface area contributed by atoms with Gasteiger partial charge in [0.1, 0.15) is 5.82 Å². The summed E-state index contributed by atoms with van der Waals surface area (Å²) >= 11 is 0. The summed E-state index contributed by atoms with van der Waals surface area (Å²) in [6.07, 6.45) is 1.86. The largest absolute Gasteiger partial charge is 0.361 e. The smallest absolute Gasteiger partial charge is 0.256 e. The van der Waals surface area contributed by atoms with Gasteiger partial charge < -0.3 is 10.3 Å². The number of aromatic amines is 1. The quantitative estimate of drug-likeness (QED) is 0.735. The highest BCUT2D eigenvalue weighted by Crippen LogP contribution is 2.15. The van der Waals surface area contributed by atoms with Crippen molar-refractivity contribution in [2.24, 2.45) is 0 Å².